The zero-order valence-electron chi connectivity index (χ0n) is 14.2. The summed E-state index contributed by atoms with van der Waals surface area (Å²) in [6.07, 6.45) is 9.51. The topological polar surface area (TPSA) is 56.0 Å². The molecular weight excluding hydrogens is 314 g/mol. The number of carbonyl (C=O) groups is 1. The number of hydrogen-bond acceptors (Lipinski definition) is 3. The first-order valence-electron chi connectivity index (χ1n) is 8.54. The van der Waals surface area contributed by atoms with Crippen molar-refractivity contribution < 1.29 is 4.79 Å². The molecule has 1 saturated carbocycles. The first-order chi connectivity index (χ1) is 12.2. The van der Waals surface area contributed by atoms with Gasteiger partial charge in [-0.2, -0.15) is 5.10 Å². The first-order valence-corrected chi connectivity index (χ1v) is 8.54. The summed E-state index contributed by atoms with van der Waals surface area (Å²) >= 11 is 0. The van der Waals surface area contributed by atoms with Gasteiger partial charge in [0, 0.05) is 43.4 Å². The average Bonchev–Trinajstić information content (AvgIpc) is 3.18. The molecule has 0 saturated heterocycles. The molecule has 0 atom stereocenters. The van der Waals surface area contributed by atoms with Crippen LogP contribution in [0.2, 0.25) is 0 Å². The Morgan fingerprint density at radius 2 is 2.12 bits per heavy atom. The monoisotopic (exact) mass is 335 g/mol. The smallest absolute Gasteiger partial charge is 0.254 e. The number of rotatable bonds is 6. The molecule has 0 radical (unpaired) electrons. The fourth-order valence-corrected chi connectivity index (χ4v) is 3.00. The molecular formula is C19H21N5O. The van der Waals surface area contributed by atoms with Crippen LogP contribution < -0.4 is 0 Å². The number of hydrogen-bond donors (Lipinski definition) is 0. The van der Waals surface area contributed by atoms with Crippen LogP contribution in [0.15, 0.2) is 55.1 Å². The van der Waals surface area contributed by atoms with Gasteiger partial charge in [-0.05, 0) is 36.6 Å². The van der Waals surface area contributed by atoms with E-state index in [2.05, 4.69) is 10.1 Å². The summed E-state index contributed by atoms with van der Waals surface area (Å²) in [6, 6.07) is 10.1. The van der Waals surface area contributed by atoms with Crippen molar-refractivity contribution in [1.82, 2.24) is 24.2 Å². The van der Waals surface area contributed by atoms with E-state index in [0.29, 0.717) is 19.1 Å². The van der Waals surface area contributed by atoms with E-state index in [4.69, 9.17) is 0 Å². The Balaban J connectivity index is 1.55. The van der Waals surface area contributed by atoms with Gasteiger partial charge in [-0.1, -0.05) is 12.1 Å². The lowest BCUT2D eigenvalue weighted by molar-refractivity contribution is 0.0724. The zero-order chi connectivity index (χ0) is 17.2. The van der Waals surface area contributed by atoms with E-state index in [9.17, 15) is 4.79 Å². The molecule has 6 heteroatoms. The number of aryl methyl sites for hydroxylation is 1. The highest BCUT2D eigenvalue weighted by Gasteiger charge is 2.33. The van der Waals surface area contributed by atoms with Crippen molar-refractivity contribution in [2.75, 3.05) is 0 Å². The molecule has 1 fully saturated rings. The molecule has 128 valence electrons. The van der Waals surface area contributed by atoms with E-state index in [0.717, 1.165) is 29.8 Å². The lowest BCUT2D eigenvalue weighted by atomic mass is 10.1. The van der Waals surface area contributed by atoms with Crippen LogP contribution in [0, 0.1) is 0 Å². The highest BCUT2D eigenvalue weighted by Crippen LogP contribution is 2.29. The maximum atomic E-state index is 13.1. The van der Waals surface area contributed by atoms with Crippen molar-refractivity contribution in [3.63, 3.8) is 0 Å². The third-order valence-electron chi connectivity index (χ3n) is 4.56. The Bertz CT molecular complexity index is 864. The number of nitrogens with zero attached hydrogens (tertiary/aromatic N) is 5. The third kappa shape index (κ3) is 3.47. The molecule has 4 rings (SSSR count). The maximum absolute atomic E-state index is 13.1. The Morgan fingerprint density at radius 3 is 2.80 bits per heavy atom. The van der Waals surface area contributed by atoms with Crippen LogP contribution in [0.1, 0.15) is 34.6 Å². The second-order valence-electron chi connectivity index (χ2n) is 6.52. The summed E-state index contributed by atoms with van der Waals surface area (Å²) < 4.78 is 3.83. The van der Waals surface area contributed by atoms with Gasteiger partial charge in [-0.15, -0.1) is 0 Å². The van der Waals surface area contributed by atoms with Gasteiger partial charge >= 0.3 is 0 Å². The third-order valence-corrected chi connectivity index (χ3v) is 4.56. The summed E-state index contributed by atoms with van der Waals surface area (Å²) in [5, 5.41) is 4.23. The van der Waals surface area contributed by atoms with Crippen molar-refractivity contribution >= 4 is 5.91 Å². The fourth-order valence-electron chi connectivity index (χ4n) is 3.00. The van der Waals surface area contributed by atoms with Gasteiger partial charge in [0.1, 0.15) is 5.82 Å². The molecule has 3 aromatic rings. The van der Waals surface area contributed by atoms with Gasteiger partial charge in [0.25, 0.3) is 5.91 Å². The Morgan fingerprint density at radius 1 is 1.24 bits per heavy atom. The average molecular weight is 335 g/mol. The number of carbonyl (C=O) groups excluding carboxylic acids is 1. The molecule has 25 heavy (non-hydrogen) atoms. The van der Waals surface area contributed by atoms with Crippen LogP contribution in [0.5, 0.6) is 0 Å². The molecule has 1 aliphatic carbocycles. The Hall–Kier alpha value is -2.89. The molecule has 0 spiro atoms. The second kappa shape index (κ2) is 6.55. The minimum absolute atomic E-state index is 0.0767. The van der Waals surface area contributed by atoms with E-state index < -0.39 is 0 Å². The number of amides is 1. The van der Waals surface area contributed by atoms with E-state index in [-0.39, 0.29) is 5.91 Å². The largest absolute Gasteiger partial charge is 0.337 e. The maximum Gasteiger partial charge on any atom is 0.254 e. The van der Waals surface area contributed by atoms with Crippen LogP contribution >= 0.6 is 0 Å². The number of benzene rings is 1. The number of imidazole rings is 1. The molecule has 0 bridgehead atoms. The first kappa shape index (κ1) is 15.6. The molecule has 1 aliphatic rings. The van der Waals surface area contributed by atoms with Gasteiger partial charge in [-0.3, -0.25) is 9.48 Å². The minimum Gasteiger partial charge on any atom is -0.337 e. The van der Waals surface area contributed by atoms with Crippen molar-refractivity contribution in [2.24, 2.45) is 7.05 Å². The fraction of sp³-hybridized carbons (Fsp3) is 0.316. The van der Waals surface area contributed by atoms with E-state index in [1.54, 1.807) is 12.4 Å². The molecule has 1 amide bonds. The second-order valence-corrected chi connectivity index (χ2v) is 6.52. The van der Waals surface area contributed by atoms with E-state index >= 15 is 0 Å². The number of aromatic nitrogens is 4. The van der Waals surface area contributed by atoms with Crippen molar-refractivity contribution in [2.45, 2.75) is 32.0 Å². The SMILES string of the molecule is Cn1ccnc1CN(C(=O)c1cccc(Cn2cccn2)c1)C1CC1. The molecule has 2 aromatic heterocycles. The summed E-state index contributed by atoms with van der Waals surface area (Å²) in [5.41, 5.74) is 1.80. The van der Waals surface area contributed by atoms with E-state index in [1.807, 2.05) is 63.9 Å². The standard InChI is InChI=1S/C19H21N5O/c1-22-11-9-20-18(22)14-24(17-6-7-17)19(25)16-5-2-4-15(12-16)13-23-10-3-8-21-23/h2-5,8-12,17H,6-7,13-14H2,1H3. The van der Waals surface area contributed by atoms with Crippen LogP contribution in [0.3, 0.4) is 0 Å². The minimum atomic E-state index is 0.0767. The molecule has 1 aromatic carbocycles. The predicted octanol–water partition coefficient (Wildman–Crippen LogP) is 2.47. The normalized spacial score (nSPS) is 13.8. The molecule has 6 nitrogen and oxygen atoms in total. The summed E-state index contributed by atoms with van der Waals surface area (Å²) in [6.45, 7) is 1.22. The highest BCUT2D eigenvalue weighted by atomic mass is 16.2. The van der Waals surface area contributed by atoms with Crippen molar-refractivity contribution in [1.29, 1.82) is 0 Å². The highest BCUT2D eigenvalue weighted by molar-refractivity contribution is 5.94. The van der Waals surface area contributed by atoms with E-state index in [1.165, 1.54) is 0 Å². The van der Waals surface area contributed by atoms with Gasteiger partial charge < -0.3 is 9.47 Å². The lowest BCUT2D eigenvalue weighted by Crippen LogP contribution is -2.33. The van der Waals surface area contributed by atoms with Gasteiger partial charge in [0.2, 0.25) is 0 Å². The van der Waals surface area contributed by atoms with Crippen molar-refractivity contribution in [3.8, 4) is 0 Å². The quantitative estimate of drug-likeness (QED) is 0.695. The van der Waals surface area contributed by atoms with Crippen LogP contribution in [-0.2, 0) is 20.1 Å². The van der Waals surface area contributed by atoms with Crippen LogP contribution in [-0.4, -0.2) is 36.2 Å². The van der Waals surface area contributed by atoms with Gasteiger partial charge in [0.05, 0.1) is 13.1 Å². The molecule has 0 N–H and O–H groups in total. The molecule has 0 aliphatic heterocycles. The molecule has 2 heterocycles. The summed E-state index contributed by atoms with van der Waals surface area (Å²) in [7, 11) is 1.96. The summed E-state index contributed by atoms with van der Waals surface area (Å²) in [5.74, 6) is 0.987. The Labute approximate surface area is 146 Å². The van der Waals surface area contributed by atoms with Gasteiger partial charge in [0.15, 0.2) is 0 Å². The molecule has 0 unspecified atom stereocenters. The summed E-state index contributed by atoms with van der Waals surface area (Å²) in [4.78, 5) is 19.4. The Kier molecular flexibility index (Phi) is 4.09. The van der Waals surface area contributed by atoms with Crippen molar-refractivity contribution in [3.05, 3.63) is 72.1 Å². The zero-order valence-corrected chi connectivity index (χ0v) is 14.2. The lowest BCUT2D eigenvalue weighted by Gasteiger charge is -2.22. The van der Waals surface area contributed by atoms with Crippen LogP contribution in [0.4, 0.5) is 0 Å². The predicted molar refractivity (Wildman–Crippen MR) is 93.9 cm³/mol. The van der Waals surface area contributed by atoms with Gasteiger partial charge in [-0.25, -0.2) is 4.98 Å². The van der Waals surface area contributed by atoms with Crippen LogP contribution in [0.25, 0.3) is 0 Å².